The van der Waals surface area contributed by atoms with Gasteiger partial charge in [0, 0.05) is 7.11 Å². The molecule has 0 radical (unpaired) electrons. The largest absolute Gasteiger partial charge is 0.409 e. The molecule has 0 spiro atoms. The van der Waals surface area contributed by atoms with Gasteiger partial charge in [0.1, 0.15) is 24.4 Å². The van der Waals surface area contributed by atoms with E-state index in [0.717, 1.165) is 0 Å². The summed E-state index contributed by atoms with van der Waals surface area (Å²) in [6, 6.07) is 0. The highest BCUT2D eigenvalue weighted by atomic mass is 28.4. The molecule has 1 N–H and O–H groups in total. The number of hydrogen-bond donors (Lipinski definition) is 1. The van der Waals surface area contributed by atoms with Gasteiger partial charge in [0.05, 0.1) is 6.61 Å². The molecular weight excluding hydrogens is 372 g/mol. The van der Waals surface area contributed by atoms with Crippen LogP contribution in [0.1, 0.15) is 0 Å². The zero-order valence-electron chi connectivity index (χ0n) is 17.6. The van der Waals surface area contributed by atoms with E-state index in [1.54, 1.807) is 7.11 Å². The first-order valence-electron chi connectivity index (χ1n) is 8.99. The highest BCUT2D eigenvalue weighted by molar-refractivity contribution is 6.70. The molecule has 1 heterocycles. The van der Waals surface area contributed by atoms with Gasteiger partial charge in [-0.05, 0) is 58.9 Å². The summed E-state index contributed by atoms with van der Waals surface area (Å²) in [7, 11) is -4.04. The van der Waals surface area contributed by atoms with Crippen LogP contribution < -0.4 is 0 Å². The van der Waals surface area contributed by atoms with Crippen molar-refractivity contribution in [2.75, 3.05) is 13.7 Å². The third-order valence-corrected chi connectivity index (χ3v) is 6.41. The fourth-order valence-electron chi connectivity index (χ4n) is 2.84. The van der Waals surface area contributed by atoms with Gasteiger partial charge < -0.3 is 27.9 Å². The fraction of sp³-hybridized carbons (Fsp3) is 1.00. The number of aliphatic hydroxyl groups excluding tert-OH is 1. The van der Waals surface area contributed by atoms with Gasteiger partial charge >= 0.3 is 0 Å². The van der Waals surface area contributed by atoms with Crippen molar-refractivity contribution < 1.29 is 27.9 Å². The lowest BCUT2D eigenvalue weighted by atomic mass is 9.99. The number of aliphatic hydroxyl groups is 1. The Bertz CT molecular complexity index is 386. The van der Waals surface area contributed by atoms with E-state index in [0.29, 0.717) is 0 Å². The maximum atomic E-state index is 9.89. The summed E-state index contributed by atoms with van der Waals surface area (Å²) in [6.45, 7) is 19.1. The average Bonchev–Trinajstić information content (AvgIpc) is 2.38. The Morgan fingerprint density at radius 2 is 1.12 bits per heavy atom. The minimum Gasteiger partial charge on any atom is -0.409 e. The van der Waals surface area contributed by atoms with Gasteiger partial charge in [0.2, 0.25) is 0 Å². The molecule has 0 saturated carbocycles. The van der Waals surface area contributed by atoms with Gasteiger partial charge in [0.25, 0.3) is 0 Å². The third-order valence-electron chi connectivity index (χ3n) is 3.47. The van der Waals surface area contributed by atoms with Gasteiger partial charge in [-0.1, -0.05) is 0 Å². The summed E-state index contributed by atoms with van der Waals surface area (Å²) in [5.74, 6) is 0. The van der Waals surface area contributed by atoms with Crippen LogP contribution in [0.4, 0.5) is 0 Å². The number of hydrogen-bond acceptors (Lipinski definition) is 6. The third kappa shape index (κ3) is 7.89. The van der Waals surface area contributed by atoms with Crippen LogP contribution >= 0.6 is 0 Å². The summed E-state index contributed by atoms with van der Waals surface area (Å²) in [5, 5.41) is 9.89. The highest BCUT2D eigenvalue weighted by Gasteiger charge is 2.51. The van der Waals surface area contributed by atoms with Crippen molar-refractivity contribution in [3.05, 3.63) is 0 Å². The van der Waals surface area contributed by atoms with Crippen LogP contribution in [-0.2, 0) is 22.8 Å². The Morgan fingerprint density at radius 1 is 0.720 bits per heavy atom. The van der Waals surface area contributed by atoms with Crippen molar-refractivity contribution in [1.29, 1.82) is 0 Å². The Morgan fingerprint density at radius 3 is 1.48 bits per heavy atom. The van der Waals surface area contributed by atoms with Gasteiger partial charge in [-0.15, -0.1) is 0 Å². The van der Waals surface area contributed by atoms with Crippen molar-refractivity contribution in [2.45, 2.75) is 89.6 Å². The number of rotatable bonds is 8. The van der Waals surface area contributed by atoms with E-state index in [-0.39, 0.29) is 24.9 Å². The van der Waals surface area contributed by atoms with Crippen LogP contribution in [0.2, 0.25) is 58.9 Å². The van der Waals surface area contributed by atoms with Crippen molar-refractivity contribution in [1.82, 2.24) is 0 Å². The van der Waals surface area contributed by atoms with Crippen LogP contribution in [0, 0.1) is 0 Å². The lowest BCUT2D eigenvalue weighted by molar-refractivity contribution is -0.284. The monoisotopic (exact) mass is 410 g/mol. The predicted octanol–water partition coefficient (Wildman–Crippen LogP) is 3.01. The van der Waals surface area contributed by atoms with Crippen molar-refractivity contribution in [2.24, 2.45) is 0 Å². The fourth-order valence-corrected chi connectivity index (χ4v) is 6.09. The topological polar surface area (TPSA) is 66.4 Å². The second-order valence-electron chi connectivity index (χ2n) is 9.55. The first-order valence-corrected chi connectivity index (χ1v) is 19.2. The van der Waals surface area contributed by atoms with Crippen LogP contribution in [0.3, 0.4) is 0 Å². The molecule has 0 aliphatic carbocycles. The minimum absolute atomic E-state index is 0.139. The molecule has 5 atom stereocenters. The molecule has 1 saturated heterocycles. The zero-order valence-corrected chi connectivity index (χ0v) is 20.6. The maximum absolute atomic E-state index is 9.89. The molecule has 1 rings (SSSR count). The van der Waals surface area contributed by atoms with E-state index in [2.05, 4.69) is 58.9 Å². The molecule has 1 fully saturated rings. The molecule has 1 aliphatic heterocycles. The van der Waals surface area contributed by atoms with E-state index in [1.807, 2.05) is 0 Å². The van der Waals surface area contributed by atoms with E-state index >= 15 is 0 Å². The molecule has 150 valence electrons. The van der Waals surface area contributed by atoms with Gasteiger partial charge in [-0.25, -0.2) is 0 Å². The first-order chi connectivity index (χ1) is 11.2. The van der Waals surface area contributed by atoms with Crippen LogP contribution in [-0.4, -0.2) is 74.5 Å². The molecule has 5 unspecified atom stereocenters. The molecule has 0 bridgehead atoms. The molecule has 0 amide bonds. The molecule has 0 aromatic carbocycles. The molecule has 25 heavy (non-hydrogen) atoms. The highest BCUT2D eigenvalue weighted by Crippen LogP contribution is 2.33. The summed E-state index contributed by atoms with van der Waals surface area (Å²) >= 11 is 0. The Kier molecular flexibility index (Phi) is 8.08. The van der Waals surface area contributed by atoms with E-state index in [9.17, 15) is 5.11 Å². The molecule has 6 nitrogen and oxygen atoms in total. The van der Waals surface area contributed by atoms with Crippen LogP contribution in [0.15, 0.2) is 0 Å². The standard InChI is InChI=1S/C16H38O6Si3/c1-18-16-15(22-25(8,9)10)14(21-24(5,6)7)13(12(11-17)19-16)20-23(2,3)4/h12-17H,11H2,1-10H3. The Labute approximate surface area is 156 Å². The Balaban J connectivity index is 3.27. The van der Waals surface area contributed by atoms with Crippen LogP contribution in [0.25, 0.3) is 0 Å². The van der Waals surface area contributed by atoms with Gasteiger partial charge in [-0.3, -0.25) is 0 Å². The number of ether oxygens (including phenoxy) is 2. The molecule has 1 aliphatic rings. The Hall–Kier alpha value is 0.411. The second-order valence-corrected chi connectivity index (χ2v) is 22.9. The number of methoxy groups -OCH3 is 1. The van der Waals surface area contributed by atoms with Crippen LogP contribution in [0.5, 0.6) is 0 Å². The molecule has 9 heteroatoms. The summed E-state index contributed by atoms with van der Waals surface area (Å²) < 4.78 is 30.9. The smallest absolute Gasteiger partial charge is 0.185 e. The normalized spacial score (nSPS) is 32.0. The predicted molar refractivity (Wildman–Crippen MR) is 107 cm³/mol. The van der Waals surface area contributed by atoms with Gasteiger partial charge in [0.15, 0.2) is 31.2 Å². The average molecular weight is 411 g/mol. The lowest BCUT2D eigenvalue weighted by Crippen LogP contribution is -2.66. The van der Waals surface area contributed by atoms with E-state index in [1.165, 1.54) is 0 Å². The molecule has 0 aromatic heterocycles. The SMILES string of the molecule is COC1OC(CO)C(O[Si](C)(C)C)C(O[Si](C)(C)C)C1O[Si](C)(C)C. The minimum atomic E-state index is -1.89. The molecular formula is C16H38O6Si3. The van der Waals surface area contributed by atoms with Crippen molar-refractivity contribution in [3.8, 4) is 0 Å². The second kappa shape index (κ2) is 8.61. The van der Waals surface area contributed by atoms with Gasteiger partial charge in [-0.2, -0.15) is 0 Å². The quantitative estimate of drug-likeness (QED) is 0.621. The lowest BCUT2D eigenvalue weighted by Gasteiger charge is -2.50. The summed E-state index contributed by atoms with van der Waals surface area (Å²) in [6.07, 6.45) is -2.11. The first kappa shape index (κ1) is 23.5. The van der Waals surface area contributed by atoms with Crippen molar-refractivity contribution >= 4 is 25.0 Å². The zero-order chi connectivity index (χ0) is 19.6. The van der Waals surface area contributed by atoms with E-state index in [4.69, 9.17) is 22.8 Å². The summed E-state index contributed by atoms with van der Waals surface area (Å²) in [4.78, 5) is 0. The van der Waals surface area contributed by atoms with Crippen molar-refractivity contribution in [3.63, 3.8) is 0 Å². The summed E-state index contributed by atoms with van der Waals surface area (Å²) in [5.41, 5.74) is 0. The molecule has 0 aromatic rings. The van der Waals surface area contributed by atoms with E-state index < -0.39 is 37.3 Å². The maximum Gasteiger partial charge on any atom is 0.185 e.